The summed E-state index contributed by atoms with van der Waals surface area (Å²) >= 11 is 1.53. The molecule has 3 aromatic rings. The number of benzene rings is 2. The predicted molar refractivity (Wildman–Crippen MR) is 149 cm³/mol. The molecule has 2 aromatic carbocycles. The van der Waals surface area contributed by atoms with Crippen molar-refractivity contribution in [1.82, 2.24) is 19.7 Å². The summed E-state index contributed by atoms with van der Waals surface area (Å²) in [6.45, 7) is 10.1. The molecule has 2 saturated heterocycles. The molecule has 0 radical (unpaired) electrons. The number of rotatable bonds is 9. The van der Waals surface area contributed by atoms with Crippen LogP contribution in [0.1, 0.15) is 39.5 Å². The number of hydrogen-bond donors (Lipinski definition) is 0. The summed E-state index contributed by atoms with van der Waals surface area (Å²) in [6, 6.07) is 19.5. The number of hydrogen-bond acceptors (Lipinski definition) is 6. The molecular formula is C30H38N4O2S. The minimum Gasteiger partial charge on any atom is -0.492 e. The summed E-state index contributed by atoms with van der Waals surface area (Å²) in [7, 11) is 0. The lowest BCUT2D eigenvalue weighted by atomic mass is 9.90. The molecular weight excluding hydrogens is 480 g/mol. The number of likely N-dealkylation sites (tertiary alicyclic amines) is 1. The fraction of sp³-hybridized carbons (Fsp3) is 0.467. The standard InChI is InChI=1S/C30H38N4O2S/c1-24-31-29(23-37-24)30(35)34-17-15-32(16-18-34)19-20-36-28-9-7-27(8-10-28)22-33-13-11-26(12-14-33)21-25-5-3-2-4-6-25/h2-10,23,26H,11-22H2,1H3. The lowest BCUT2D eigenvalue weighted by Crippen LogP contribution is -2.49. The molecule has 37 heavy (non-hydrogen) atoms. The number of piperidine rings is 1. The van der Waals surface area contributed by atoms with E-state index in [1.54, 1.807) is 0 Å². The van der Waals surface area contributed by atoms with E-state index in [9.17, 15) is 4.79 Å². The molecule has 2 aliphatic heterocycles. The number of thiazole rings is 1. The molecule has 0 saturated carbocycles. The number of carbonyl (C=O) groups excluding carboxylic acids is 1. The van der Waals surface area contributed by atoms with E-state index in [1.807, 2.05) is 17.2 Å². The first-order valence-electron chi connectivity index (χ1n) is 13.5. The molecule has 0 aliphatic carbocycles. The van der Waals surface area contributed by atoms with E-state index in [2.05, 4.69) is 69.4 Å². The van der Waals surface area contributed by atoms with Crippen molar-refractivity contribution in [3.63, 3.8) is 0 Å². The first kappa shape index (κ1) is 25.9. The van der Waals surface area contributed by atoms with Gasteiger partial charge in [-0.2, -0.15) is 0 Å². The first-order valence-corrected chi connectivity index (χ1v) is 14.4. The number of aryl methyl sites for hydroxylation is 1. The molecule has 1 aromatic heterocycles. The summed E-state index contributed by atoms with van der Waals surface area (Å²) in [6.07, 6.45) is 3.77. The van der Waals surface area contributed by atoms with Crippen molar-refractivity contribution in [3.8, 4) is 5.75 Å². The van der Waals surface area contributed by atoms with Crippen molar-refractivity contribution < 1.29 is 9.53 Å². The smallest absolute Gasteiger partial charge is 0.273 e. The van der Waals surface area contributed by atoms with E-state index in [0.29, 0.717) is 12.3 Å². The van der Waals surface area contributed by atoms with Crippen LogP contribution >= 0.6 is 11.3 Å². The fourth-order valence-electron chi connectivity index (χ4n) is 5.34. The van der Waals surface area contributed by atoms with Gasteiger partial charge in [0.1, 0.15) is 18.1 Å². The minimum absolute atomic E-state index is 0.0527. The molecule has 0 unspecified atom stereocenters. The van der Waals surface area contributed by atoms with Crippen LogP contribution in [-0.2, 0) is 13.0 Å². The van der Waals surface area contributed by atoms with Crippen molar-refractivity contribution in [2.24, 2.45) is 5.92 Å². The Morgan fingerprint density at radius 3 is 2.32 bits per heavy atom. The molecule has 196 valence electrons. The Labute approximate surface area is 224 Å². The van der Waals surface area contributed by atoms with Crippen LogP contribution in [0.25, 0.3) is 0 Å². The van der Waals surface area contributed by atoms with Gasteiger partial charge in [0.05, 0.1) is 5.01 Å². The van der Waals surface area contributed by atoms with Gasteiger partial charge in [0.25, 0.3) is 5.91 Å². The van der Waals surface area contributed by atoms with Crippen molar-refractivity contribution >= 4 is 17.2 Å². The van der Waals surface area contributed by atoms with Gasteiger partial charge in [-0.3, -0.25) is 14.6 Å². The van der Waals surface area contributed by atoms with E-state index >= 15 is 0 Å². The van der Waals surface area contributed by atoms with Gasteiger partial charge < -0.3 is 9.64 Å². The monoisotopic (exact) mass is 518 g/mol. The Balaban J connectivity index is 0.976. The van der Waals surface area contributed by atoms with Crippen LogP contribution in [0.2, 0.25) is 0 Å². The summed E-state index contributed by atoms with van der Waals surface area (Å²) in [5, 5.41) is 2.80. The van der Waals surface area contributed by atoms with Gasteiger partial charge in [-0.15, -0.1) is 11.3 Å². The molecule has 0 atom stereocenters. The zero-order chi connectivity index (χ0) is 25.5. The molecule has 5 rings (SSSR count). The quantitative estimate of drug-likeness (QED) is 0.409. The number of ether oxygens (including phenoxy) is 1. The Morgan fingerprint density at radius 1 is 0.919 bits per heavy atom. The number of piperazine rings is 1. The normalized spacial score (nSPS) is 17.7. The van der Waals surface area contributed by atoms with Gasteiger partial charge in [-0.25, -0.2) is 4.98 Å². The van der Waals surface area contributed by atoms with Gasteiger partial charge >= 0.3 is 0 Å². The number of amides is 1. The highest BCUT2D eigenvalue weighted by Crippen LogP contribution is 2.23. The maximum atomic E-state index is 12.6. The van der Waals surface area contributed by atoms with Crippen molar-refractivity contribution in [2.45, 2.75) is 32.7 Å². The lowest BCUT2D eigenvalue weighted by Gasteiger charge is -2.34. The molecule has 2 aliphatic rings. The molecule has 0 N–H and O–H groups in total. The SMILES string of the molecule is Cc1nc(C(=O)N2CCN(CCOc3ccc(CN4CCC(Cc5ccccc5)CC4)cc3)CC2)cs1. The predicted octanol–water partition coefficient (Wildman–Crippen LogP) is 4.74. The highest BCUT2D eigenvalue weighted by molar-refractivity contribution is 7.09. The second-order valence-corrected chi connectivity index (χ2v) is 11.3. The van der Waals surface area contributed by atoms with E-state index in [4.69, 9.17) is 4.74 Å². The number of aromatic nitrogens is 1. The third-order valence-electron chi connectivity index (χ3n) is 7.58. The minimum atomic E-state index is 0.0527. The summed E-state index contributed by atoms with van der Waals surface area (Å²) in [5.41, 5.74) is 3.40. The highest BCUT2D eigenvalue weighted by Gasteiger charge is 2.23. The van der Waals surface area contributed by atoms with Crippen LogP contribution in [-0.4, -0.2) is 78.0 Å². The molecule has 2 fully saturated rings. The Morgan fingerprint density at radius 2 is 1.65 bits per heavy atom. The maximum Gasteiger partial charge on any atom is 0.273 e. The van der Waals surface area contributed by atoms with Gasteiger partial charge in [-0.05, 0) is 68.5 Å². The molecule has 7 heteroatoms. The van der Waals surface area contributed by atoms with Gasteiger partial charge in [0.15, 0.2) is 0 Å². The van der Waals surface area contributed by atoms with Crippen LogP contribution in [0.15, 0.2) is 60.0 Å². The van der Waals surface area contributed by atoms with E-state index in [0.717, 1.165) is 55.9 Å². The lowest BCUT2D eigenvalue weighted by molar-refractivity contribution is 0.0615. The first-order chi connectivity index (χ1) is 18.1. The topological polar surface area (TPSA) is 48.9 Å². The second kappa shape index (κ2) is 12.7. The van der Waals surface area contributed by atoms with Gasteiger partial charge in [-0.1, -0.05) is 42.5 Å². The van der Waals surface area contributed by atoms with Crippen molar-refractivity contribution in [2.75, 3.05) is 52.4 Å². The van der Waals surface area contributed by atoms with Crippen LogP contribution in [0.5, 0.6) is 5.75 Å². The summed E-state index contributed by atoms with van der Waals surface area (Å²) in [4.78, 5) is 23.8. The van der Waals surface area contributed by atoms with Crippen LogP contribution in [0.3, 0.4) is 0 Å². The van der Waals surface area contributed by atoms with Crippen molar-refractivity contribution in [1.29, 1.82) is 0 Å². The molecule has 1 amide bonds. The van der Waals surface area contributed by atoms with E-state index < -0.39 is 0 Å². The summed E-state index contributed by atoms with van der Waals surface area (Å²) in [5.74, 6) is 1.79. The van der Waals surface area contributed by atoms with E-state index in [-0.39, 0.29) is 5.91 Å². The van der Waals surface area contributed by atoms with E-state index in [1.165, 1.54) is 54.8 Å². The number of carbonyl (C=O) groups is 1. The third kappa shape index (κ3) is 7.40. The number of nitrogens with zero attached hydrogens (tertiary/aromatic N) is 4. The second-order valence-electron chi connectivity index (χ2n) is 10.3. The van der Waals surface area contributed by atoms with Crippen LogP contribution in [0.4, 0.5) is 0 Å². The van der Waals surface area contributed by atoms with Gasteiger partial charge in [0.2, 0.25) is 0 Å². The Hall–Kier alpha value is -2.74. The zero-order valence-electron chi connectivity index (χ0n) is 21.8. The summed E-state index contributed by atoms with van der Waals surface area (Å²) < 4.78 is 6.03. The Bertz CT molecular complexity index is 1120. The molecule has 0 spiro atoms. The fourth-order valence-corrected chi connectivity index (χ4v) is 5.92. The average molecular weight is 519 g/mol. The Kier molecular flexibility index (Phi) is 8.87. The zero-order valence-corrected chi connectivity index (χ0v) is 22.7. The molecule has 3 heterocycles. The largest absolute Gasteiger partial charge is 0.492 e. The van der Waals surface area contributed by atoms with Gasteiger partial charge in [0, 0.05) is 44.6 Å². The van der Waals surface area contributed by atoms with Crippen LogP contribution < -0.4 is 4.74 Å². The van der Waals surface area contributed by atoms with Crippen LogP contribution in [0, 0.1) is 12.8 Å². The van der Waals surface area contributed by atoms with Crippen molar-refractivity contribution in [3.05, 3.63) is 81.8 Å². The molecule has 0 bridgehead atoms. The third-order valence-corrected chi connectivity index (χ3v) is 8.35. The average Bonchev–Trinajstić information content (AvgIpc) is 3.37. The maximum absolute atomic E-state index is 12.6. The highest BCUT2D eigenvalue weighted by atomic mass is 32.1. The molecule has 6 nitrogen and oxygen atoms in total.